The second-order valence-electron chi connectivity index (χ2n) is 5.19. The lowest BCUT2D eigenvalue weighted by Crippen LogP contribution is -2.47. The molecule has 1 saturated carbocycles. The molecule has 1 aliphatic heterocycles. The summed E-state index contributed by atoms with van der Waals surface area (Å²) in [7, 11) is 0. The van der Waals surface area contributed by atoms with Crippen LogP contribution in [0.1, 0.15) is 47.8 Å². The highest BCUT2D eigenvalue weighted by molar-refractivity contribution is 5.98. The molecule has 1 aromatic rings. The van der Waals surface area contributed by atoms with Gasteiger partial charge in [0.05, 0.1) is 11.4 Å². The van der Waals surface area contributed by atoms with E-state index in [1.54, 1.807) is 0 Å². The molecule has 7 nitrogen and oxygen atoms in total. The molecule has 1 atom stereocenters. The number of aromatic amines is 1. The van der Waals surface area contributed by atoms with Crippen molar-refractivity contribution < 1.29 is 9.59 Å². The zero-order valence-corrected chi connectivity index (χ0v) is 10.5. The summed E-state index contributed by atoms with van der Waals surface area (Å²) in [6.45, 7) is 0.463. The predicted molar refractivity (Wildman–Crippen MR) is 68.5 cm³/mol. The van der Waals surface area contributed by atoms with Gasteiger partial charge < -0.3 is 16.4 Å². The monoisotopic (exact) mass is 263 g/mol. The van der Waals surface area contributed by atoms with Gasteiger partial charge in [-0.05, 0) is 19.3 Å². The van der Waals surface area contributed by atoms with E-state index in [0.29, 0.717) is 31.0 Å². The molecule has 1 saturated heterocycles. The molecule has 7 heteroatoms. The number of piperidine rings is 1. The molecule has 2 amide bonds. The molecule has 0 spiro atoms. The molecule has 3 rings (SSSR count). The minimum atomic E-state index is -0.276. The molecular formula is C12H17N5O2. The molecule has 1 aromatic heterocycles. The highest BCUT2D eigenvalue weighted by Gasteiger charge is 2.31. The minimum Gasteiger partial charge on any atom is -0.395 e. The van der Waals surface area contributed by atoms with E-state index in [4.69, 9.17) is 5.73 Å². The maximum atomic E-state index is 12.1. The maximum Gasteiger partial charge on any atom is 0.274 e. The van der Waals surface area contributed by atoms with Gasteiger partial charge in [-0.2, -0.15) is 5.10 Å². The third kappa shape index (κ3) is 2.40. The summed E-state index contributed by atoms with van der Waals surface area (Å²) in [6.07, 6.45) is 3.29. The first kappa shape index (κ1) is 12.0. The van der Waals surface area contributed by atoms with Crippen LogP contribution in [0.2, 0.25) is 0 Å². The van der Waals surface area contributed by atoms with Crippen LogP contribution in [-0.4, -0.2) is 34.6 Å². The molecule has 5 N–H and O–H groups in total. The summed E-state index contributed by atoms with van der Waals surface area (Å²) in [6, 6.07) is -0.0503. The van der Waals surface area contributed by atoms with E-state index in [1.807, 2.05) is 0 Å². The van der Waals surface area contributed by atoms with Gasteiger partial charge in [-0.25, -0.2) is 0 Å². The highest BCUT2D eigenvalue weighted by Crippen LogP contribution is 2.42. The highest BCUT2D eigenvalue weighted by atomic mass is 16.2. The van der Waals surface area contributed by atoms with Gasteiger partial charge in [0.25, 0.3) is 5.91 Å². The average molecular weight is 263 g/mol. The van der Waals surface area contributed by atoms with E-state index in [9.17, 15) is 9.59 Å². The number of nitrogens with zero attached hydrogens (tertiary/aromatic N) is 1. The Bertz CT molecular complexity index is 510. The van der Waals surface area contributed by atoms with Crippen molar-refractivity contribution in [3.05, 3.63) is 11.4 Å². The standard InChI is InChI=1S/C12H17N5O2/c13-9-10(6-1-2-6)16-17-11(9)12(19)15-7-3-4-8(18)14-5-7/h6-7H,1-5,13H2,(H,14,18)(H,15,19)(H,16,17). The van der Waals surface area contributed by atoms with Crippen LogP contribution in [0, 0.1) is 0 Å². The van der Waals surface area contributed by atoms with Crippen molar-refractivity contribution in [1.29, 1.82) is 0 Å². The summed E-state index contributed by atoms with van der Waals surface area (Å²) in [4.78, 5) is 23.1. The van der Waals surface area contributed by atoms with Crippen molar-refractivity contribution in [2.75, 3.05) is 12.3 Å². The minimum absolute atomic E-state index is 0.0285. The fourth-order valence-corrected chi connectivity index (χ4v) is 2.33. The van der Waals surface area contributed by atoms with Gasteiger partial charge in [-0.1, -0.05) is 0 Å². The molecule has 19 heavy (non-hydrogen) atoms. The first-order valence-corrected chi connectivity index (χ1v) is 6.56. The van der Waals surface area contributed by atoms with Crippen molar-refractivity contribution in [2.24, 2.45) is 0 Å². The van der Waals surface area contributed by atoms with E-state index in [-0.39, 0.29) is 23.6 Å². The van der Waals surface area contributed by atoms with Gasteiger partial charge in [0, 0.05) is 24.9 Å². The Morgan fingerprint density at radius 3 is 2.79 bits per heavy atom. The van der Waals surface area contributed by atoms with E-state index < -0.39 is 0 Å². The number of hydrogen-bond acceptors (Lipinski definition) is 4. The Hall–Kier alpha value is -2.05. The smallest absolute Gasteiger partial charge is 0.274 e. The molecule has 2 aliphatic rings. The van der Waals surface area contributed by atoms with Crippen LogP contribution in [0.3, 0.4) is 0 Å². The number of nitrogen functional groups attached to an aromatic ring is 1. The topological polar surface area (TPSA) is 113 Å². The quantitative estimate of drug-likeness (QED) is 0.608. The average Bonchev–Trinajstić information content (AvgIpc) is 3.15. The fraction of sp³-hybridized carbons (Fsp3) is 0.583. The molecule has 0 aromatic carbocycles. The second-order valence-corrected chi connectivity index (χ2v) is 5.19. The second kappa shape index (κ2) is 4.56. The van der Waals surface area contributed by atoms with Crippen LogP contribution in [0.5, 0.6) is 0 Å². The van der Waals surface area contributed by atoms with Gasteiger partial charge >= 0.3 is 0 Å². The Morgan fingerprint density at radius 1 is 1.37 bits per heavy atom. The number of nitrogens with two attached hydrogens (primary N) is 1. The number of rotatable bonds is 3. The zero-order valence-electron chi connectivity index (χ0n) is 10.5. The molecule has 1 aliphatic carbocycles. The summed E-state index contributed by atoms with van der Waals surface area (Å²) >= 11 is 0. The molecular weight excluding hydrogens is 246 g/mol. The SMILES string of the molecule is Nc1c(C(=O)NC2CCC(=O)NC2)n[nH]c1C1CC1. The van der Waals surface area contributed by atoms with Gasteiger partial charge in [0.2, 0.25) is 5.91 Å². The fourth-order valence-electron chi connectivity index (χ4n) is 2.33. The van der Waals surface area contributed by atoms with Crippen molar-refractivity contribution in [2.45, 2.75) is 37.6 Å². The van der Waals surface area contributed by atoms with E-state index in [0.717, 1.165) is 18.5 Å². The predicted octanol–water partition coefficient (Wildman–Crippen LogP) is -0.122. The molecule has 0 bridgehead atoms. The Kier molecular flexibility index (Phi) is 2.88. The Morgan fingerprint density at radius 2 is 2.16 bits per heavy atom. The van der Waals surface area contributed by atoms with E-state index in [2.05, 4.69) is 20.8 Å². The first-order valence-electron chi connectivity index (χ1n) is 6.56. The van der Waals surface area contributed by atoms with Gasteiger partial charge in [-0.3, -0.25) is 14.7 Å². The third-order valence-corrected chi connectivity index (χ3v) is 3.63. The van der Waals surface area contributed by atoms with Crippen LogP contribution in [0.4, 0.5) is 5.69 Å². The van der Waals surface area contributed by atoms with E-state index in [1.165, 1.54) is 0 Å². The summed E-state index contributed by atoms with van der Waals surface area (Å²) in [5.41, 5.74) is 7.55. The van der Waals surface area contributed by atoms with Crippen molar-refractivity contribution in [3.63, 3.8) is 0 Å². The summed E-state index contributed by atoms with van der Waals surface area (Å²) in [5, 5.41) is 12.4. The lowest BCUT2D eigenvalue weighted by atomic mass is 10.1. The molecule has 2 fully saturated rings. The molecule has 2 heterocycles. The number of amides is 2. The van der Waals surface area contributed by atoms with Crippen molar-refractivity contribution in [3.8, 4) is 0 Å². The van der Waals surface area contributed by atoms with Crippen LogP contribution >= 0.6 is 0 Å². The number of carbonyl (C=O) groups excluding carboxylic acids is 2. The molecule has 1 unspecified atom stereocenters. The van der Waals surface area contributed by atoms with Crippen LogP contribution in [0.25, 0.3) is 0 Å². The molecule has 102 valence electrons. The number of H-pyrrole nitrogens is 1. The Labute approximate surface area is 110 Å². The number of anilines is 1. The lowest BCUT2D eigenvalue weighted by molar-refractivity contribution is -0.122. The van der Waals surface area contributed by atoms with Crippen LogP contribution < -0.4 is 16.4 Å². The van der Waals surface area contributed by atoms with Gasteiger partial charge in [-0.15, -0.1) is 0 Å². The van der Waals surface area contributed by atoms with Crippen molar-refractivity contribution in [1.82, 2.24) is 20.8 Å². The molecule has 0 radical (unpaired) electrons. The zero-order chi connectivity index (χ0) is 13.4. The normalized spacial score (nSPS) is 22.9. The number of hydrogen-bond donors (Lipinski definition) is 4. The largest absolute Gasteiger partial charge is 0.395 e. The summed E-state index contributed by atoms with van der Waals surface area (Å²) in [5.74, 6) is 0.186. The Balaban J connectivity index is 1.65. The van der Waals surface area contributed by atoms with Crippen LogP contribution in [0.15, 0.2) is 0 Å². The van der Waals surface area contributed by atoms with Gasteiger partial charge in [0.1, 0.15) is 0 Å². The van der Waals surface area contributed by atoms with Crippen molar-refractivity contribution >= 4 is 17.5 Å². The van der Waals surface area contributed by atoms with Gasteiger partial charge in [0.15, 0.2) is 5.69 Å². The summed E-state index contributed by atoms with van der Waals surface area (Å²) < 4.78 is 0. The maximum absolute atomic E-state index is 12.1. The lowest BCUT2D eigenvalue weighted by Gasteiger charge is -2.23. The van der Waals surface area contributed by atoms with Crippen LogP contribution in [-0.2, 0) is 4.79 Å². The third-order valence-electron chi connectivity index (χ3n) is 3.63. The number of nitrogens with one attached hydrogen (secondary N) is 3. The number of carbonyl (C=O) groups is 2. The van der Waals surface area contributed by atoms with E-state index >= 15 is 0 Å². The number of aromatic nitrogens is 2. The first-order chi connectivity index (χ1) is 9.15.